The van der Waals surface area contributed by atoms with Crippen molar-refractivity contribution in [3.8, 4) is 45.0 Å². The van der Waals surface area contributed by atoms with Crippen LogP contribution in [0.15, 0.2) is 176 Å². The molecule has 278 valence electrons. The Morgan fingerprint density at radius 3 is 1.98 bits per heavy atom. The first-order chi connectivity index (χ1) is 29.8. The average molecular weight is 763 g/mol. The van der Waals surface area contributed by atoms with Gasteiger partial charge in [0.2, 0.25) is 0 Å². The van der Waals surface area contributed by atoms with E-state index >= 15 is 0 Å². The zero-order valence-corrected chi connectivity index (χ0v) is 32.5. The van der Waals surface area contributed by atoms with Gasteiger partial charge in [0.1, 0.15) is 5.69 Å². The summed E-state index contributed by atoms with van der Waals surface area (Å²) < 4.78 is 4.91. The summed E-state index contributed by atoms with van der Waals surface area (Å²) in [5.41, 5.74) is 17.2. The Morgan fingerprint density at radius 1 is 0.433 bits per heavy atom. The van der Waals surface area contributed by atoms with Gasteiger partial charge in [0, 0.05) is 38.2 Å². The van der Waals surface area contributed by atoms with Crippen molar-refractivity contribution in [3.05, 3.63) is 187 Å². The third kappa shape index (κ3) is 4.24. The lowest BCUT2D eigenvalue weighted by Gasteiger charge is -2.19. The Hall–Kier alpha value is -7.82. The summed E-state index contributed by atoms with van der Waals surface area (Å²) in [7, 11) is 0. The molecular formula is C56H34N4. The Balaban J connectivity index is 1.15. The van der Waals surface area contributed by atoms with Crippen LogP contribution in [0.1, 0.15) is 17.5 Å². The largest absolute Gasteiger partial charge is 0.308 e. The number of hydrogen-bond acceptors (Lipinski definition) is 2. The maximum Gasteiger partial charge on any atom is 0.165 e. The molecule has 4 heterocycles. The van der Waals surface area contributed by atoms with Crippen molar-refractivity contribution >= 4 is 82.3 Å². The van der Waals surface area contributed by atoms with E-state index in [1.54, 1.807) is 0 Å². The number of hydrogen-bond donors (Lipinski definition) is 0. The van der Waals surface area contributed by atoms with Gasteiger partial charge in [-0.05, 0) is 93.0 Å². The van der Waals surface area contributed by atoms with Gasteiger partial charge in [0.25, 0.3) is 0 Å². The van der Waals surface area contributed by atoms with E-state index in [1.807, 2.05) is 0 Å². The summed E-state index contributed by atoms with van der Waals surface area (Å²) in [5, 5.41) is 9.63. The molecule has 9 aromatic carbocycles. The molecule has 1 aliphatic heterocycles. The highest BCUT2D eigenvalue weighted by Crippen LogP contribution is 2.48. The Bertz CT molecular complexity index is 3900. The predicted octanol–water partition coefficient (Wildman–Crippen LogP) is 14.4. The molecular weight excluding hydrogens is 729 g/mol. The van der Waals surface area contributed by atoms with E-state index in [4.69, 9.17) is 9.97 Å². The molecule has 0 atom stereocenters. The van der Waals surface area contributed by atoms with Crippen molar-refractivity contribution in [2.45, 2.75) is 12.8 Å². The van der Waals surface area contributed by atoms with E-state index in [-0.39, 0.29) is 0 Å². The summed E-state index contributed by atoms with van der Waals surface area (Å²) in [6.07, 6.45) is 6.46. The second kappa shape index (κ2) is 11.9. The van der Waals surface area contributed by atoms with Crippen LogP contribution in [0.3, 0.4) is 0 Å². The lowest BCUT2D eigenvalue weighted by molar-refractivity contribution is 0.986. The maximum absolute atomic E-state index is 5.77. The van der Waals surface area contributed by atoms with E-state index in [1.165, 1.54) is 93.2 Å². The molecule has 60 heavy (non-hydrogen) atoms. The maximum atomic E-state index is 5.77. The van der Waals surface area contributed by atoms with Crippen LogP contribution in [0, 0.1) is 0 Å². The van der Waals surface area contributed by atoms with E-state index in [2.05, 4.69) is 191 Å². The molecule has 1 aliphatic carbocycles. The van der Waals surface area contributed by atoms with Crippen LogP contribution < -0.4 is 0 Å². The molecule has 0 N–H and O–H groups in total. The topological polar surface area (TPSA) is 35.6 Å². The molecule has 0 bridgehead atoms. The van der Waals surface area contributed by atoms with Gasteiger partial charge in [0.15, 0.2) is 5.82 Å². The fourth-order valence-electron chi connectivity index (χ4n) is 10.7. The molecule has 0 unspecified atom stereocenters. The second-order valence-corrected chi connectivity index (χ2v) is 16.4. The minimum Gasteiger partial charge on any atom is -0.308 e. The van der Waals surface area contributed by atoms with Crippen LogP contribution >= 0.6 is 0 Å². The van der Waals surface area contributed by atoms with Gasteiger partial charge < -0.3 is 4.57 Å². The SMILES string of the molecule is C1=Cc2ccc3nc(-n4c5ccccc5c5cc6c(cc54)c4cccc5c4n6-c4ccccc4-c4ccccc4-5)c(-c4cc5ccccc5c5ccccc45)nc3c2CC1. The first-order valence-electron chi connectivity index (χ1n) is 20.9. The summed E-state index contributed by atoms with van der Waals surface area (Å²) in [4.78, 5) is 11.5. The normalized spacial score (nSPS) is 13.1. The monoisotopic (exact) mass is 762 g/mol. The number of fused-ring (bicyclic) bond motifs is 17. The van der Waals surface area contributed by atoms with Gasteiger partial charge in [-0.15, -0.1) is 0 Å². The second-order valence-electron chi connectivity index (χ2n) is 16.4. The first kappa shape index (κ1) is 32.2. The van der Waals surface area contributed by atoms with Crippen molar-refractivity contribution in [1.82, 2.24) is 19.1 Å². The Morgan fingerprint density at radius 2 is 1.10 bits per heavy atom. The van der Waals surface area contributed by atoms with Crippen molar-refractivity contribution < 1.29 is 0 Å². The Labute approximate surface area is 344 Å². The molecule has 4 heteroatoms. The molecule has 2 aliphatic rings. The van der Waals surface area contributed by atoms with E-state index < -0.39 is 0 Å². The smallest absolute Gasteiger partial charge is 0.165 e. The van der Waals surface area contributed by atoms with Crippen molar-refractivity contribution in [2.24, 2.45) is 0 Å². The van der Waals surface area contributed by atoms with Gasteiger partial charge in [0.05, 0.1) is 38.8 Å². The number of aromatic nitrogens is 4. The van der Waals surface area contributed by atoms with Crippen LogP contribution in [-0.2, 0) is 6.42 Å². The molecule has 0 saturated heterocycles. The van der Waals surface area contributed by atoms with Crippen LogP contribution in [0.2, 0.25) is 0 Å². The number of benzene rings is 9. The fourth-order valence-corrected chi connectivity index (χ4v) is 10.7. The molecule has 0 saturated carbocycles. The number of nitrogens with zero attached hydrogens (tertiary/aromatic N) is 4. The van der Waals surface area contributed by atoms with E-state index in [0.29, 0.717) is 0 Å². The molecule has 14 rings (SSSR count). The molecule has 4 nitrogen and oxygen atoms in total. The van der Waals surface area contributed by atoms with Crippen molar-refractivity contribution in [2.75, 3.05) is 0 Å². The van der Waals surface area contributed by atoms with Crippen LogP contribution in [0.5, 0.6) is 0 Å². The van der Waals surface area contributed by atoms with E-state index in [9.17, 15) is 0 Å². The lowest BCUT2D eigenvalue weighted by atomic mass is 9.93. The Kier molecular flexibility index (Phi) is 6.37. The number of rotatable bonds is 2. The molecule has 0 fully saturated rings. The summed E-state index contributed by atoms with van der Waals surface area (Å²) in [6.45, 7) is 0. The minimum atomic E-state index is 0.838. The molecule has 0 radical (unpaired) electrons. The third-order valence-corrected chi connectivity index (χ3v) is 13.3. The highest BCUT2D eigenvalue weighted by atomic mass is 15.1. The van der Waals surface area contributed by atoms with Gasteiger partial charge in [-0.1, -0.05) is 146 Å². The highest BCUT2D eigenvalue weighted by Gasteiger charge is 2.27. The van der Waals surface area contributed by atoms with Crippen LogP contribution in [0.25, 0.3) is 127 Å². The van der Waals surface area contributed by atoms with Crippen LogP contribution in [0.4, 0.5) is 0 Å². The van der Waals surface area contributed by atoms with Crippen molar-refractivity contribution in [1.29, 1.82) is 0 Å². The first-order valence-corrected chi connectivity index (χ1v) is 20.9. The number of allylic oxidation sites excluding steroid dienone is 1. The van der Waals surface area contributed by atoms with Gasteiger partial charge in [-0.3, -0.25) is 4.57 Å². The predicted molar refractivity (Wildman–Crippen MR) is 250 cm³/mol. The third-order valence-electron chi connectivity index (χ3n) is 13.3. The molecule has 12 aromatic rings. The molecule has 3 aromatic heterocycles. The summed E-state index contributed by atoms with van der Waals surface area (Å²) in [5.74, 6) is 0.838. The molecule has 0 spiro atoms. The zero-order chi connectivity index (χ0) is 39.1. The average Bonchev–Trinajstić information content (AvgIpc) is 3.77. The minimum absolute atomic E-state index is 0.838. The van der Waals surface area contributed by atoms with E-state index in [0.717, 1.165) is 52.0 Å². The van der Waals surface area contributed by atoms with Crippen LogP contribution in [-0.4, -0.2) is 19.1 Å². The van der Waals surface area contributed by atoms with Gasteiger partial charge in [-0.2, -0.15) is 0 Å². The van der Waals surface area contributed by atoms with Gasteiger partial charge in [-0.25, -0.2) is 9.97 Å². The quantitative estimate of drug-likeness (QED) is 0.164. The zero-order valence-electron chi connectivity index (χ0n) is 32.5. The van der Waals surface area contributed by atoms with Crippen molar-refractivity contribution in [3.63, 3.8) is 0 Å². The summed E-state index contributed by atoms with van der Waals surface area (Å²) >= 11 is 0. The fraction of sp³-hybridized carbons (Fsp3) is 0.0357. The van der Waals surface area contributed by atoms with Gasteiger partial charge >= 0.3 is 0 Å². The molecule has 0 amide bonds. The number of para-hydroxylation sites is 3. The lowest BCUT2D eigenvalue weighted by Crippen LogP contribution is -2.06. The number of aryl methyl sites for hydroxylation is 1. The highest BCUT2D eigenvalue weighted by molar-refractivity contribution is 6.22. The summed E-state index contributed by atoms with van der Waals surface area (Å²) in [6, 6.07) is 62.4. The standard InChI is InChI=1S/C56H34N4/c1-4-17-36-33(14-1)28-29-48-53(36)58-54(47-30-34-15-2-3-16-35(34)37-18-5-8-21-40(37)47)56(57-48)60-50-27-12-10-23-42(50)45-31-51-46(32-52(45)60)44-25-13-24-43-39-20-7-6-19-38(39)41-22-9-11-26-49(41)59(51)55(43)44/h1-3,5-16,18-32H,4,17H2.